The van der Waals surface area contributed by atoms with E-state index in [2.05, 4.69) is 19.2 Å². The fourth-order valence-corrected chi connectivity index (χ4v) is 1.54. The number of amides is 2. The second-order valence-corrected chi connectivity index (χ2v) is 3.99. The molecule has 2 amide bonds. The highest BCUT2D eigenvalue weighted by atomic mass is 16.2. The number of piperazine rings is 1. The van der Waals surface area contributed by atoms with E-state index in [1.807, 2.05) is 4.90 Å². The Balaban J connectivity index is 2.60. The molecule has 0 unspecified atom stereocenters. The number of carbonyl (C=O) groups is 1. The van der Waals surface area contributed by atoms with Gasteiger partial charge < -0.3 is 15.1 Å². The summed E-state index contributed by atoms with van der Waals surface area (Å²) in [6, 6.07) is 0.812. The fraction of sp³-hybridized carbons (Fsp3) is 0.889. The number of hydrogen-bond donors (Lipinski definition) is 1. The highest BCUT2D eigenvalue weighted by molar-refractivity contribution is 5.74. The number of urea groups is 1. The molecular weight excluding hydrogens is 166 g/mol. The average Bonchev–Trinajstić information content (AvgIpc) is 2.08. The summed E-state index contributed by atoms with van der Waals surface area (Å²) < 4.78 is 0. The smallest absolute Gasteiger partial charge is 0.319 e. The minimum Gasteiger partial charge on any atom is -0.331 e. The molecule has 0 aromatic heterocycles. The Morgan fingerprint density at radius 3 is 2.62 bits per heavy atom. The quantitative estimate of drug-likeness (QED) is 0.591. The lowest BCUT2D eigenvalue weighted by molar-refractivity contribution is 0.128. The second kappa shape index (κ2) is 3.96. The van der Waals surface area contributed by atoms with Gasteiger partial charge in [-0.15, -0.1) is 0 Å². The van der Waals surface area contributed by atoms with E-state index in [-0.39, 0.29) is 6.03 Å². The SMILES string of the molecule is C[C@@H]1CN(C(=O)N(C)C)[C@@H](C)CN1. The van der Waals surface area contributed by atoms with Crippen molar-refractivity contribution in [1.82, 2.24) is 15.1 Å². The van der Waals surface area contributed by atoms with Crippen LogP contribution in [0.3, 0.4) is 0 Å². The lowest BCUT2D eigenvalue weighted by Gasteiger charge is -2.38. The predicted molar refractivity (Wildman–Crippen MR) is 52.7 cm³/mol. The lowest BCUT2D eigenvalue weighted by Crippen LogP contribution is -2.58. The van der Waals surface area contributed by atoms with E-state index in [1.165, 1.54) is 0 Å². The third kappa shape index (κ3) is 2.34. The Hall–Kier alpha value is -0.770. The third-order valence-electron chi connectivity index (χ3n) is 2.39. The van der Waals surface area contributed by atoms with Crippen LogP contribution in [0.4, 0.5) is 4.79 Å². The molecule has 4 heteroatoms. The first-order chi connectivity index (χ1) is 6.02. The van der Waals surface area contributed by atoms with E-state index in [1.54, 1.807) is 19.0 Å². The van der Waals surface area contributed by atoms with Crippen molar-refractivity contribution in [3.63, 3.8) is 0 Å². The molecule has 76 valence electrons. The van der Waals surface area contributed by atoms with Gasteiger partial charge >= 0.3 is 6.03 Å². The first kappa shape index (κ1) is 10.3. The van der Waals surface area contributed by atoms with Gasteiger partial charge in [-0.2, -0.15) is 0 Å². The molecule has 1 fully saturated rings. The molecule has 0 spiro atoms. The summed E-state index contributed by atoms with van der Waals surface area (Å²) in [6.45, 7) is 5.86. The van der Waals surface area contributed by atoms with Crippen molar-refractivity contribution in [1.29, 1.82) is 0 Å². The maximum Gasteiger partial charge on any atom is 0.319 e. The van der Waals surface area contributed by atoms with Gasteiger partial charge in [0.2, 0.25) is 0 Å². The van der Waals surface area contributed by atoms with Crippen LogP contribution in [0.1, 0.15) is 13.8 Å². The molecule has 13 heavy (non-hydrogen) atoms. The molecule has 1 aliphatic heterocycles. The minimum atomic E-state index is 0.112. The number of nitrogens with one attached hydrogen (secondary N) is 1. The predicted octanol–water partition coefficient (Wildman–Crippen LogP) is 0.350. The van der Waals surface area contributed by atoms with Gasteiger partial charge in [0.25, 0.3) is 0 Å². The Bertz CT molecular complexity index is 193. The zero-order valence-corrected chi connectivity index (χ0v) is 8.87. The third-order valence-corrected chi connectivity index (χ3v) is 2.39. The van der Waals surface area contributed by atoms with E-state index in [0.717, 1.165) is 13.1 Å². The van der Waals surface area contributed by atoms with Gasteiger partial charge in [0.15, 0.2) is 0 Å². The molecule has 0 saturated carbocycles. The summed E-state index contributed by atoms with van der Waals surface area (Å²) in [7, 11) is 3.59. The molecule has 1 heterocycles. The summed E-state index contributed by atoms with van der Waals surface area (Å²) >= 11 is 0. The van der Waals surface area contributed by atoms with Crippen molar-refractivity contribution >= 4 is 6.03 Å². The number of hydrogen-bond acceptors (Lipinski definition) is 2. The van der Waals surface area contributed by atoms with Crippen LogP contribution in [0.25, 0.3) is 0 Å². The van der Waals surface area contributed by atoms with Crippen LogP contribution in [0.2, 0.25) is 0 Å². The lowest BCUT2D eigenvalue weighted by atomic mass is 10.1. The Morgan fingerprint density at radius 2 is 2.08 bits per heavy atom. The van der Waals surface area contributed by atoms with Crippen LogP contribution in [-0.2, 0) is 0 Å². The van der Waals surface area contributed by atoms with E-state index in [4.69, 9.17) is 0 Å². The maximum absolute atomic E-state index is 11.7. The number of nitrogens with zero attached hydrogens (tertiary/aromatic N) is 2. The average molecular weight is 185 g/mol. The highest BCUT2D eigenvalue weighted by Gasteiger charge is 2.27. The molecule has 0 aliphatic carbocycles. The molecule has 0 aromatic carbocycles. The van der Waals surface area contributed by atoms with Gasteiger partial charge in [-0.3, -0.25) is 0 Å². The van der Waals surface area contributed by atoms with E-state index in [9.17, 15) is 4.79 Å². The van der Waals surface area contributed by atoms with Crippen molar-refractivity contribution < 1.29 is 4.79 Å². The Labute approximate surface area is 79.9 Å². The van der Waals surface area contributed by atoms with Crippen molar-refractivity contribution in [3.8, 4) is 0 Å². The molecule has 0 bridgehead atoms. The van der Waals surface area contributed by atoms with Crippen LogP contribution in [0.15, 0.2) is 0 Å². The fourth-order valence-electron chi connectivity index (χ4n) is 1.54. The highest BCUT2D eigenvalue weighted by Crippen LogP contribution is 2.08. The Morgan fingerprint density at radius 1 is 1.46 bits per heavy atom. The molecule has 1 aliphatic rings. The van der Waals surface area contributed by atoms with Gasteiger partial charge in [-0.1, -0.05) is 0 Å². The molecule has 0 radical (unpaired) electrons. The largest absolute Gasteiger partial charge is 0.331 e. The van der Waals surface area contributed by atoms with E-state index in [0.29, 0.717) is 12.1 Å². The zero-order valence-electron chi connectivity index (χ0n) is 8.87. The molecule has 4 nitrogen and oxygen atoms in total. The Kier molecular flexibility index (Phi) is 3.14. The van der Waals surface area contributed by atoms with E-state index < -0.39 is 0 Å². The standard InChI is InChI=1S/C9H19N3O/c1-7-6-12(8(2)5-10-7)9(13)11(3)4/h7-8,10H,5-6H2,1-4H3/t7-,8+/m1/s1. The molecular formula is C9H19N3O. The monoisotopic (exact) mass is 185 g/mol. The normalized spacial score (nSPS) is 28.8. The van der Waals surface area contributed by atoms with Crippen LogP contribution in [-0.4, -0.2) is 55.1 Å². The molecule has 1 saturated heterocycles. The summed E-state index contributed by atoms with van der Waals surface area (Å²) in [5.74, 6) is 0. The number of rotatable bonds is 0. The van der Waals surface area contributed by atoms with Gasteiger partial charge in [0.05, 0.1) is 0 Å². The van der Waals surface area contributed by atoms with Crippen LogP contribution in [0.5, 0.6) is 0 Å². The minimum absolute atomic E-state index is 0.112. The van der Waals surface area contributed by atoms with Gasteiger partial charge in [-0.25, -0.2) is 4.79 Å². The van der Waals surface area contributed by atoms with E-state index >= 15 is 0 Å². The molecule has 2 atom stereocenters. The van der Waals surface area contributed by atoms with Gasteiger partial charge in [0, 0.05) is 39.3 Å². The van der Waals surface area contributed by atoms with Crippen LogP contribution in [0, 0.1) is 0 Å². The number of carbonyl (C=O) groups excluding carboxylic acids is 1. The maximum atomic E-state index is 11.7. The second-order valence-electron chi connectivity index (χ2n) is 3.99. The van der Waals surface area contributed by atoms with Gasteiger partial charge in [0.1, 0.15) is 0 Å². The summed E-state index contributed by atoms with van der Waals surface area (Å²) in [4.78, 5) is 15.2. The van der Waals surface area contributed by atoms with Crippen LogP contribution < -0.4 is 5.32 Å². The van der Waals surface area contributed by atoms with Crippen molar-refractivity contribution in [2.75, 3.05) is 27.2 Å². The molecule has 1 N–H and O–H groups in total. The van der Waals surface area contributed by atoms with Gasteiger partial charge in [-0.05, 0) is 13.8 Å². The first-order valence-electron chi connectivity index (χ1n) is 4.73. The summed E-state index contributed by atoms with van der Waals surface area (Å²) in [5, 5.41) is 3.34. The summed E-state index contributed by atoms with van der Waals surface area (Å²) in [6.07, 6.45) is 0. The van der Waals surface area contributed by atoms with Crippen molar-refractivity contribution in [2.45, 2.75) is 25.9 Å². The first-order valence-corrected chi connectivity index (χ1v) is 4.73. The summed E-state index contributed by atoms with van der Waals surface area (Å²) in [5.41, 5.74) is 0. The zero-order chi connectivity index (χ0) is 10.0. The van der Waals surface area contributed by atoms with Crippen molar-refractivity contribution in [3.05, 3.63) is 0 Å². The van der Waals surface area contributed by atoms with Crippen molar-refractivity contribution in [2.24, 2.45) is 0 Å². The topological polar surface area (TPSA) is 35.6 Å². The van der Waals surface area contributed by atoms with Crippen LogP contribution >= 0.6 is 0 Å². The molecule has 0 aromatic rings. The molecule has 1 rings (SSSR count).